The summed E-state index contributed by atoms with van der Waals surface area (Å²) in [5.41, 5.74) is 0.292. The van der Waals surface area contributed by atoms with Crippen molar-refractivity contribution in [1.29, 1.82) is 0 Å². The Morgan fingerprint density at radius 1 is 1.53 bits per heavy atom. The van der Waals surface area contributed by atoms with Crippen LogP contribution in [0.2, 0.25) is 0 Å². The minimum absolute atomic E-state index is 0.0306. The zero-order valence-corrected chi connectivity index (χ0v) is 9.94. The van der Waals surface area contributed by atoms with Crippen molar-refractivity contribution in [2.75, 3.05) is 6.54 Å². The van der Waals surface area contributed by atoms with Crippen molar-refractivity contribution in [2.24, 2.45) is 11.8 Å². The van der Waals surface area contributed by atoms with Crippen LogP contribution in [0.3, 0.4) is 0 Å². The molecule has 1 amide bonds. The average Bonchev–Trinajstić information content (AvgIpc) is 2.96. The molecule has 0 aromatic carbocycles. The number of hydrogen-bond acceptors (Lipinski definition) is 5. The molecule has 17 heavy (non-hydrogen) atoms. The average molecular weight is 255 g/mol. The van der Waals surface area contributed by atoms with E-state index in [9.17, 15) is 9.59 Å². The molecule has 1 saturated carbocycles. The standard InChI is InChI=1S/C10H13N3O3S/c14-9(8-5-12-17-13-8)11-4-6-2-1-3-7(6)10(15)16/h5-7H,1-4H2,(H,11,14)(H,15,16). The Hall–Kier alpha value is -1.50. The smallest absolute Gasteiger partial charge is 0.306 e. The van der Waals surface area contributed by atoms with Crippen molar-refractivity contribution >= 4 is 23.6 Å². The molecule has 7 heteroatoms. The molecule has 92 valence electrons. The first kappa shape index (κ1) is 12.0. The van der Waals surface area contributed by atoms with E-state index < -0.39 is 5.97 Å². The lowest BCUT2D eigenvalue weighted by atomic mass is 9.96. The monoisotopic (exact) mass is 255 g/mol. The first-order chi connectivity index (χ1) is 8.18. The van der Waals surface area contributed by atoms with E-state index in [4.69, 9.17) is 5.11 Å². The lowest BCUT2D eigenvalue weighted by molar-refractivity contribution is -0.142. The predicted molar refractivity (Wildman–Crippen MR) is 60.7 cm³/mol. The Labute approximate surface area is 102 Å². The summed E-state index contributed by atoms with van der Waals surface area (Å²) in [5, 5.41) is 11.7. The van der Waals surface area contributed by atoms with Crippen LogP contribution in [0.4, 0.5) is 0 Å². The summed E-state index contributed by atoms with van der Waals surface area (Å²) in [5.74, 6) is -1.35. The van der Waals surface area contributed by atoms with Gasteiger partial charge in [0.25, 0.3) is 5.91 Å². The molecule has 2 atom stereocenters. The lowest BCUT2D eigenvalue weighted by Crippen LogP contribution is -2.33. The molecule has 1 aliphatic carbocycles. The van der Waals surface area contributed by atoms with Crippen LogP contribution in [-0.2, 0) is 4.79 Å². The quantitative estimate of drug-likeness (QED) is 0.829. The highest BCUT2D eigenvalue weighted by atomic mass is 32.1. The Bertz CT molecular complexity index is 407. The summed E-state index contributed by atoms with van der Waals surface area (Å²) in [6, 6.07) is 0. The van der Waals surface area contributed by atoms with Crippen molar-refractivity contribution in [3.05, 3.63) is 11.9 Å². The van der Waals surface area contributed by atoms with Crippen LogP contribution in [0, 0.1) is 11.8 Å². The van der Waals surface area contributed by atoms with Gasteiger partial charge in [0.05, 0.1) is 23.8 Å². The highest BCUT2D eigenvalue weighted by molar-refractivity contribution is 6.99. The lowest BCUT2D eigenvalue weighted by Gasteiger charge is -2.15. The normalized spacial score (nSPS) is 23.5. The number of aliphatic carboxylic acids is 1. The molecule has 2 unspecified atom stereocenters. The molecule has 0 radical (unpaired) electrons. The zero-order valence-electron chi connectivity index (χ0n) is 9.13. The van der Waals surface area contributed by atoms with Gasteiger partial charge in [0, 0.05) is 6.54 Å². The number of aromatic nitrogens is 2. The van der Waals surface area contributed by atoms with E-state index in [1.54, 1.807) is 0 Å². The minimum Gasteiger partial charge on any atom is -0.481 e. The van der Waals surface area contributed by atoms with Crippen molar-refractivity contribution in [2.45, 2.75) is 19.3 Å². The van der Waals surface area contributed by atoms with Crippen LogP contribution < -0.4 is 5.32 Å². The Morgan fingerprint density at radius 3 is 3.00 bits per heavy atom. The van der Waals surface area contributed by atoms with E-state index in [1.807, 2.05) is 0 Å². The fourth-order valence-electron chi connectivity index (χ4n) is 2.19. The van der Waals surface area contributed by atoms with Crippen molar-refractivity contribution < 1.29 is 14.7 Å². The van der Waals surface area contributed by atoms with Gasteiger partial charge in [0.15, 0.2) is 5.69 Å². The van der Waals surface area contributed by atoms with Crippen molar-refractivity contribution in [1.82, 2.24) is 14.1 Å². The van der Waals surface area contributed by atoms with E-state index in [0.717, 1.165) is 24.6 Å². The number of carboxylic acids is 1. The number of nitrogens with one attached hydrogen (secondary N) is 1. The summed E-state index contributed by atoms with van der Waals surface area (Å²) in [7, 11) is 0. The van der Waals surface area contributed by atoms with Gasteiger partial charge >= 0.3 is 5.97 Å². The fraction of sp³-hybridized carbons (Fsp3) is 0.600. The SMILES string of the molecule is O=C(NCC1CCCC1C(=O)O)c1cnsn1. The maximum Gasteiger partial charge on any atom is 0.306 e. The molecule has 1 fully saturated rings. The van der Waals surface area contributed by atoms with Crippen LogP contribution in [0.5, 0.6) is 0 Å². The molecule has 0 spiro atoms. The van der Waals surface area contributed by atoms with Gasteiger partial charge in [0.2, 0.25) is 0 Å². The number of carbonyl (C=O) groups is 2. The molecule has 2 N–H and O–H groups in total. The van der Waals surface area contributed by atoms with Crippen LogP contribution in [0.15, 0.2) is 6.20 Å². The van der Waals surface area contributed by atoms with Crippen LogP contribution in [0.1, 0.15) is 29.8 Å². The van der Waals surface area contributed by atoms with E-state index >= 15 is 0 Å². The maximum atomic E-state index is 11.6. The number of carboxylic acid groups (broad SMARTS) is 1. The molecule has 2 rings (SSSR count). The summed E-state index contributed by atoms with van der Waals surface area (Å²) >= 11 is 0.977. The minimum atomic E-state index is -0.767. The van der Waals surface area contributed by atoms with E-state index in [-0.39, 0.29) is 17.7 Å². The van der Waals surface area contributed by atoms with Gasteiger partial charge in [-0.2, -0.15) is 8.75 Å². The van der Waals surface area contributed by atoms with Crippen LogP contribution in [0.25, 0.3) is 0 Å². The third-order valence-corrected chi connectivity index (χ3v) is 3.57. The van der Waals surface area contributed by atoms with Gasteiger partial charge in [-0.1, -0.05) is 6.42 Å². The fourth-order valence-corrected chi connectivity index (χ4v) is 2.60. The first-order valence-corrected chi connectivity index (χ1v) is 6.20. The number of carbonyl (C=O) groups excluding carboxylic acids is 1. The number of nitrogens with zero attached hydrogens (tertiary/aromatic N) is 2. The molecule has 0 aliphatic heterocycles. The summed E-state index contributed by atoms with van der Waals surface area (Å²) in [4.78, 5) is 22.5. The maximum absolute atomic E-state index is 11.6. The highest BCUT2D eigenvalue weighted by Gasteiger charge is 2.32. The predicted octanol–water partition coefficient (Wildman–Crippen LogP) is 0.769. The second-order valence-corrected chi connectivity index (χ2v) is 4.70. The largest absolute Gasteiger partial charge is 0.481 e. The Kier molecular flexibility index (Phi) is 3.68. The van der Waals surface area contributed by atoms with Gasteiger partial charge < -0.3 is 10.4 Å². The molecular formula is C10H13N3O3S. The summed E-state index contributed by atoms with van der Waals surface area (Å²) in [6.45, 7) is 0.396. The third-order valence-electron chi connectivity index (χ3n) is 3.10. The molecule has 0 bridgehead atoms. The van der Waals surface area contributed by atoms with E-state index in [0.29, 0.717) is 18.7 Å². The summed E-state index contributed by atoms with van der Waals surface area (Å²) < 4.78 is 7.56. The molecule has 1 aromatic heterocycles. The number of rotatable bonds is 4. The second-order valence-electron chi connectivity index (χ2n) is 4.14. The molecular weight excluding hydrogens is 242 g/mol. The Morgan fingerprint density at radius 2 is 2.35 bits per heavy atom. The highest BCUT2D eigenvalue weighted by Crippen LogP contribution is 2.31. The zero-order chi connectivity index (χ0) is 12.3. The van der Waals surface area contributed by atoms with Crippen LogP contribution >= 0.6 is 11.7 Å². The topological polar surface area (TPSA) is 92.2 Å². The molecule has 6 nitrogen and oxygen atoms in total. The molecule has 1 aliphatic rings. The van der Waals surface area contributed by atoms with Crippen molar-refractivity contribution in [3.63, 3.8) is 0 Å². The second kappa shape index (κ2) is 5.22. The van der Waals surface area contributed by atoms with Gasteiger partial charge in [-0.05, 0) is 18.8 Å². The number of amides is 1. The van der Waals surface area contributed by atoms with Crippen LogP contribution in [-0.4, -0.2) is 32.3 Å². The molecule has 1 aromatic rings. The molecule has 0 saturated heterocycles. The van der Waals surface area contributed by atoms with Gasteiger partial charge in [-0.15, -0.1) is 0 Å². The van der Waals surface area contributed by atoms with E-state index in [2.05, 4.69) is 14.1 Å². The number of hydrogen-bond donors (Lipinski definition) is 2. The summed E-state index contributed by atoms with van der Waals surface area (Å²) in [6.07, 6.45) is 3.87. The van der Waals surface area contributed by atoms with Crippen molar-refractivity contribution in [3.8, 4) is 0 Å². The molecule has 1 heterocycles. The van der Waals surface area contributed by atoms with Gasteiger partial charge in [0.1, 0.15) is 0 Å². The van der Waals surface area contributed by atoms with Gasteiger partial charge in [-0.3, -0.25) is 9.59 Å². The first-order valence-electron chi connectivity index (χ1n) is 5.47. The van der Waals surface area contributed by atoms with E-state index in [1.165, 1.54) is 6.20 Å². The van der Waals surface area contributed by atoms with Gasteiger partial charge in [-0.25, -0.2) is 0 Å². The third kappa shape index (κ3) is 2.79. The Balaban J connectivity index is 1.86.